The Bertz CT molecular complexity index is 1020. The van der Waals surface area contributed by atoms with Crippen LogP contribution in [-0.2, 0) is 0 Å². The van der Waals surface area contributed by atoms with Gasteiger partial charge in [-0.3, -0.25) is 0 Å². The van der Waals surface area contributed by atoms with Gasteiger partial charge >= 0.3 is 0 Å². The van der Waals surface area contributed by atoms with Crippen molar-refractivity contribution in [2.75, 3.05) is 12.7 Å². The zero-order valence-corrected chi connectivity index (χ0v) is 17.8. The number of nitrogens with zero attached hydrogens (tertiary/aromatic N) is 1. The van der Waals surface area contributed by atoms with Crippen LogP contribution in [0.5, 0.6) is 0 Å². The predicted octanol–water partition coefficient (Wildman–Crippen LogP) is 5.44. The van der Waals surface area contributed by atoms with E-state index in [-0.39, 0.29) is 7.92 Å². The van der Waals surface area contributed by atoms with E-state index in [9.17, 15) is 0 Å². The van der Waals surface area contributed by atoms with Crippen molar-refractivity contribution in [2.24, 2.45) is 0 Å². The fourth-order valence-corrected chi connectivity index (χ4v) is 5.57. The van der Waals surface area contributed by atoms with Gasteiger partial charge in [-0.15, -0.1) is 0 Å². The van der Waals surface area contributed by atoms with Gasteiger partial charge in [-0.2, -0.15) is 0 Å². The molecule has 0 bridgehead atoms. The van der Waals surface area contributed by atoms with Gasteiger partial charge in [0.25, 0.3) is 0 Å². The summed E-state index contributed by atoms with van der Waals surface area (Å²) in [6.45, 7) is 0.921. The number of nitrogens with one attached hydrogen (secondary N) is 1. The van der Waals surface area contributed by atoms with Gasteiger partial charge in [0.15, 0.2) is 0 Å². The molecule has 4 rings (SSSR count). The van der Waals surface area contributed by atoms with Crippen molar-refractivity contribution in [2.45, 2.75) is 0 Å². The molecule has 0 saturated heterocycles. The molecule has 30 heavy (non-hydrogen) atoms. The zero-order chi connectivity index (χ0) is 20.4. The second-order valence-electron chi connectivity index (χ2n) is 6.92. The molecule has 3 heteroatoms. The Morgan fingerprint density at radius 2 is 1.27 bits per heavy atom. The molecule has 0 radical (unpaired) electrons. The topological polar surface area (TPSA) is 24.9 Å². The lowest BCUT2D eigenvalue weighted by molar-refractivity contribution is 0.930. The first-order chi connectivity index (χ1) is 14.9. The summed E-state index contributed by atoms with van der Waals surface area (Å²) in [7, 11) is -0.369. The Morgan fingerprint density at radius 1 is 0.667 bits per heavy atom. The lowest BCUT2D eigenvalue weighted by Crippen LogP contribution is -2.19. The molecule has 1 N–H and O–H groups in total. The summed E-state index contributed by atoms with van der Waals surface area (Å²) in [5.74, 6) is 0. The summed E-state index contributed by atoms with van der Waals surface area (Å²) in [5.41, 5.74) is 3.09. The molecule has 1 aromatic heterocycles. The molecule has 4 aromatic rings. The van der Waals surface area contributed by atoms with E-state index in [1.54, 1.807) is 0 Å². The number of pyridine rings is 1. The smallest absolute Gasteiger partial charge is 0.0709 e. The molecule has 0 aliphatic rings. The van der Waals surface area contributed by atoms with E-state index in [1.165, 1.54) is 10.6 Å². The van der Waals surface area contributed by atoms with Crippen LogP contribution in [0.4, 0.5) is 0 Å². The van der Waals surface area contributed by atoms with Crippen LogP contribution in [0, 0.1) is 0 Å². The van der Waals surface area contributed by atoms with Crippen molar-refractivity contribution >= 4 is 24.6 Å². The average molecular weight is 408 g/mol. The van der Waals surface area contributed by atoms with Crippen molar-refractivity contribution in [1.29, 1.82) is 0 Å². The largest absolute Gasteiger partial charge is 0.390 e. The second kappa shape index (κ2) is 10.5. The second-order valence-corrected chi connectivity index (χ2v) is 9.26. The van der Waals surface area contributed by atoms with E-state index in [0.29, 0.717) is 0 Å². The number of hydrogen-bond donors (Lipinski definition) is 1. The lowest BCUT2D eigenvalue weighted by Gasteiger charge is -2.18. The summed E-state index contributed by atoms with van der Waals surface area (Å²) < 4.78 is 0. The van der Waals surface area contributed by atoms with E-state index < -0.39 is 0 Å². The Labute approximate surface area is 180 Å². The highest BCUT2D eigenvalue weighted by Gasteiger charge is 2.12. The first-order valence-corrected chi connectivity index (χ1v) is 11.7. The van der Waals surface area contributed by atoms with Crippen LogP contribution in [0.25, 0.3) is 17.3 Å². The molecule has 148 valence electrons. The third-order valence-electron chi connectivity index (χ3n) is 4.83. The normalized spacial score (nSPS) is 11.1. The van der Waals surface area contributed by atoms with Gasteiger partial charge in [-0.25, -0.2) is 4.98 Å². The molecular weight excluding hydrogens is 383 g/mol. The van der Waals surface area contributed by atoms with Crippen molar-refractivity contribution in [3.8, 4) is 11.3 Å². The maximum absolute atomic E-state index is 4.75. The minimum Gasteiger partial charge on any atom is -0.390 e. The van der Waals surface area contributed by atoms with Crippen LogP contribution in [0.15, 0.2) is 115 Å². The molecule has 0 aliphatic carbocycles. The lowest BCUT2D eigenvalue weighted by atomic mass is 10.1. The monoisotopic (exact) mass is 408 g/mol. The Balaban J connectivity index is 1.38. The minimum atomic E-state index is -0.369. The van der Waals surface area contributed by atoms with E-state index in [2.05, 4.69) is 84.2 Å². The van der Waals surface area contributed by atoms with Gasteiger partial charge in [0.2, 0.25) is 0 Å². The van der Waals surface area contributed by atoms with Crippen LogP contribution in [-0.4, -0.2) is 17.7 Å². The predicted molar refractivity (Wildman–Crippen MR) is 131 cm³/mol. The van der Waals surface area contributed by atoms with E-state index >= 15 is 0 Å². The summed E-state index contributed by atoms with van der Waals surface area (Å²) in [6, 6.07) is 38.1. The molecule has 0 aliphatic heterocycles. The first-order valence-electron chi connectivity index (χ1n) is 10.2. The molecule has 0 amide bonds. The Morgan fingerprint density at radius 3 is 1.90 bits per heavy atom. The maximum Gasteiger partial charge on any atom is 0.0709 e. The van der Waals surface area contributed by atoms with Crippen LogP contribution >= 0.6 is 7.92 Å². The minimum absolute atomic E-state index is 0.369. The third kappa shape index (κ3) is 5.43. The van der Waals surface area contributed by atoms with Crippen LogP contribution < -0.4 is 15.9 Å². The molecule has 2 nitrogen and oxygen atoms in total. The van der Waals surface area contributed by atoms with Crippen molar-refractivity contribution in [3.05, 3.63) is 121 Å². The summed E-state index contributed by atoms with van der Waals surface area (Å²) in [5, 5.41) is 6.30. The van der Waals surface area contributed by atoms with Crippen LogP contribution in [0.3, 0.4) is 0 Å². The Kier molecular flexibility index (Phi) is 7.04. The Hall–Kier alpha value is -3.22. The van der Waals surface area contributed by atoms with Crippen molar-refractivity contribution in [3.63, 3.8) is 0 Å². The van der Waals surface area contributed by atoms with Gasteiger partial charge in [-0.05, 0) is 49.1 Å². The summed E-state index contributed by atoms with van der Waals surface area (Å²) in [4.78, 5) is 4.75. The fourth-order valence-electron chi connectivity index (χ4n) is 3.34. The third-order valence-corrected chi connectivity index (χ3v) is 7.34. The van der Waals surface area contributed by atoms with Gasteiger partial charge in [0.05, 0.1) is 11.4 Å². The highest BCUT2D eigenvalue weighted by Crippen LogP contribution is 2.32. The standard InChI is InChI=1S/C27H25N2P/c1-4-11-23(12-5-1)27-18-10-13-24(29-27)19-20-28-21-22-30(25-14-6-2-7-15-25)26-16-8-3-9-17-26/h1-20,28H,21-22H2/b20-19+. The van der Waals surface area contributed by atoms with Crippen molar-refractivity contribution in [1.82, 2.24) is 10.3 Å². The highest BCUT2D eigenvalue weighted by atomic mass is 31.1. The summed E-state index contributed by atoms with van der Waals surface area (Å²) in [6.07, 6.45) is 5.14. The average Bonchev–Trinajstić information content (AvgIpc) is 2.83. The van der Waals surface area contributed by atoms with Crippen molar-refractivity contribution < 1.29 is 0 Å². The molecule has 0 fully saturated rings. The van der Waals surface area contributed by atoms with Gasteiger partial charge in [-0.1, -0.05) is 97.1 Å². The van der Waals surface area contributed by atoms with Gasteiger partial charge in [0, 0.05) is 12.1 Å². The number of aromatic nitrogens is 1. The maximum atomic E-state index is 4.75. The summed E-state index contributed by atoms with van der Waals surface area (Å²) >= 11 is 0. The van der Waals surface area contributed by atoms with E-state index in [1.807, 2.05) is 42.6 Å². The number of rotatable bonds is 8. The quantitative estimate of drug-likeness (QED) is 0.310. The zero-order valence-electron chi connectivity index (χ0n) is 16.9. The van der Waals surface area contributed by atoms with E-state index in [0.717, 1.165) is 29.7 Å². The molecule has 0 atom stereocenters. The molecule has 3 aromatic carbocycles. The SMILES string of the molecule is C(=C\c1cccc(-c2ccccc2)n1)/NCCP(c1ccccc1)c1ccccc1. The van der Waals surface area contributed by atoms with E-state index in [4.69, 9.17) is 4.98 Å². The number of benzene rings is 3. The molecule has 1 heterocycles. The first kappa shape index (κ1) is 20.1. The van der Waals surface area contributed by atoms with Gasteiger partial charge in [0.1, 0.15) is 0 Å². The molecule has 0 spiro atoms. The van der Waals surface area contributed by atoms with Gasteiger partial charge < -0.3 is 5.32 Å². The van der Waals surface area contributed by atoms with Crippen LogP contribution in [0.2, 0.25) is 0 Å². The fraction of sp³-hybridized carbons (Fsp3) is 0.0741. The molecule has 0 unspecified atom stereocenters. The number of hydrogen-bond acceptors (Lipinski definition) is 2. The highest BCUT2D eigenvalue weighted by molar-refractivity contribution is 7.73. The van der Waals surface area contributed by atoms with Crippen LogP contribution in [0.1, 0.15) is 5.69 Å². The molecule has 0 saturated carbocycles. The molecular formula is C27H25N2P.